The second-order valence-electron chi connectivity index (χ2n) is 2.92. The van der Waals surface area contributed by atoms with Gasteiger partial charge in [0, 0.05) is 17.1 Å². The van der Waals surface area contributed by atoms with E-state index in [4.69, 9.17) is 17.2 Å². The third kappa shape index (κ3) is 4.44. The Morgan fingerprint density at radius 3 is 1.58 bits per heavy atom. The summed E-state index contributed by atoms with van der Waals surface area (Å²) in [6.07, 6.45) is 3.53. The maximum Gasteiger partial charge on any atom is 0.0361 e. The molecule has 3 heteroatoms. The molecule has 0 unspecified atom stereocenters. The Labute approximate surface area is 73.6 Å². The van der Waals surface area contributed by atoms with Crippen LogP contribution < -0.4 is 17.2 Å². The summed E-state index contributed by atoms with van der Waals surface area (Å²) in [5, 5.41) is 0. The van der Waals surface area contributed by atoms with Crippen molar-refractivity contribution in [3.8, 4) is 0 Å². The van der Waals surface area contributed by atoms with Gasteiger partial charge in [-0.25, -0.2) is 0 Å². The van der Waals surface area contributed by atoms with Gasteiger partial charge in [-0.15, -0.1) is 0 Å². The smallest absolute Gasteiger partial charge is 0.0361 e. The molecule has 6 N–H and O–H groups in total. The minimum Gasteiger partial charge on any atom is -0.402 e. The number of nitrogens with two attached hydrogens (primary N) is 3. The Morgan fingerprint density at radius 2 is 1.25 bits per heavy atom. The maximum absolute atomic E-state index is 5.69. The summed E-state index contributed by atoms with van der Waals surface area (Å²) in [5.41, 5.74) is 19.6. The lowest BCUT2D eigenvalue weighted by molar-refractivity contribution is 1.22. The lowest BCUT2D eigenvalue weighted by Crippen LogP contribution is -2.02. The van der Waals surface area contributed by atoms with E-state index in [1.807, 2.05) is 19.9 Å². The molecule has 12 heavy (non-hydrogen) atoms. The molecular formula is C9H17N3. The van der Waals surface area contributed by atoms with Crippen LogP contribution in [0.1, 0.15) is 20.8 Å². The normalized spacial score (nSPS) is 15.9. The van der Waals surface area contributed by atoms with Crippen molar-refractivity contribution in [2.75, 3.05) is 0 Å². The largest absolute Gasteiger partial charge is 0.402 e. The van der Waals surface area contributed by atoms with Crippen molar-refractivity contribution < 1.29 is 0 Å². The summed E-state index contributed by atoms with van der Waals surface area (Å²) in [6, 6.07) is 0. The number of rotatable bonds is 2. The molecule has 0 saturated heterocycles. The van der Waals surface area contributed by atoms with Gasteiger partial charge in [-0.2, -0.15) is 0 Å². The van der Waals surface area contributed by atoms with Gasteiger partial charge in [-0.3, -0.25) is 0 Å². The molecule has 0 amide bonds. The maximum atomic E-state index is 5.69. The third-order valence-electron chi connectivity index (χ3n) is 1.28. The van der Waals surface area contributed by atoms with Crippen LogP contribution in [0.3, 0.4) is 0 Å². The van der Waals surface area contributed by atoms with Gasteiger partial charge in [-0.1, -0.05) is 0 Å². The minimum absolute atomic E-state index is 0.653. The first kappa shape index (κ1) is 10.6. The van der Waals surface area contributed by atoms with Gasteiger partial charge in [0.2, 0.25) is 0 Å². The summed E-state index contributed by atoms with van der Waals surface area (Å²) in [6.45, 7) is 5.50. The lowest BCUT2D eigenvalue weighted by Gasteiger charge is -1.99. The molecule has 0 aliphatic heterocycles. The average molecular weight is 167 g/mol. The number of hydrogen-bond acceptors (Lipinski definition) is 3. The van der Waals surface area contributed by atoms with E-state index >= 15 is 0 Å². The van der Waals surface area contributed by atoms with Crippen LogP contribution in [0.15, 0.2) is 34.8 Å². The standard InChI is InChI=1S/C9H17N3/c1-6(4-7(2)10)9(12)5-8(3)11/h4-5H,10-12H2,1-3H3/b7-4-,8-5-,9-6-. The molecule has 0 aromatic rings. The van der Waals surface area contributed by atoms with Crippen LogP contribution in [-0.4, -0.2) is 0 Å². The van der Waals surface area contributed by atoms with E-state index in [1.165, 1.54) is 0 Å². The topological polar surface area (TPSA) is 78.1 Å². The highest BCUT2D eigenvalue weighted by molar-refractivity contribution is 5.31. The van der Waals surface area contributed by atoms with E-state index in [9.17, 15) is 0 Å². The van der Waals surface area contributed by atoms with Gasteiger partial charge in [0.1, 0.15) is 0 Å². The highest BCUT2D eigenvalue weighted by atomic mass is 14.6. The zero-order chi connectivity index (χ0) is 9.72. The summed E-state index contributed by atoms with van der Waals surface area (Å²) in [4.78, 5) is 0. The van der Waals surface area contributed by atoms with Crippen molar-refractivity contribution in [3.63, 3.8) is 0 Å². The highest BCUT2D eigenvalue weighted by Crippen LogP contribution is 2.03. The van der Waals surface area contributed by atoms with Crippen molar-refractivity contribution in [2.45, 2.75) is 20.8 Å². The zero-order valence-electron chi connectivity index (χ0n) is 7.89. The Morgan fingerprint density at radius 1 is 0.833 bits per heavy atom. The molecule has 0 rings (SSSR count). The van der Waals surface area contributed by atoms with Crippen LogP contribution in [0.5, 0.6) is 0 Å². The fourth-order valence-electron chi connectivity index (χ4n) is 0.784. The molecule has 68 valence electrons. The van der Waals surface area contributed by atoms with Gasteiger partial charge < -0.3 is 17.2 Å². The molecule has 0 heterocycles. The third-order valence-corrected chi connectivity index (χ3v) is 1.28. The first-order valence-corrected chi connectivity index (χ1v) is 3.77. The molecule has 0 aromatic heterocycles. The Balaban J connectivity index is 4.71. The van der Waals surface area contributed by atoms with Crippen LogP contribution in [0, 0.1) is 0 Å². The zero-order valence-corrected chi connectivity index (χ0v) is 7.89. The lowest BCUT2D eigenvalue weighted by atomic mass is 10.2. The molecular weight excluding hydrogens is 150 g/mol. The Kier molecular flexibility index (Phi) is 3.97. The highest BCUT2D eigenvalue weighted by Gasteiger charge is 1.91. The summed E-state index contributed by atoms with van der Waals surface area (Å²) in [7, 11) is 0. The monoisotopic (exact) mass is 167 g/mol. The van der Waals surface area contributed by atoms with E-state index in [1.54, 1.807) is 13.0 Å². The van der Waals surface area contributed by atoms with Crippen molar-refractivity contribution in [3.05, 3.63) is 34.8 Å². The second kappa shape index (κ2) is 4.49. The van der Waals surface area contributed by atoms with Crippen LogP contribution >= 0.6 is 0 Å². The molecule has 0 spiro atoms. The van der Waals surface area contributed by atoms with E-state index in [0.717, 1.165) is 11.3 Å². The van der Waals surface area contributed by atoms with Crippen molar-refractivity contribution in [1.82, 2.24) is 0 Å². The van der Waals surface area contributed by atoms with Gasteiger partial charge in [0.25, 0.3) is 0 Å². The van der Waals surface area contributed by atoms with Crippen LogP contribution in [0.4, 0.5) is 0 Å². The van der Waals surface area contributed by atoms with Gasteiger partial charge in [0.05, 0.1) is 0 Å². The van der Waals surface area contributed by atoms with Crippen molar-refractivity contribution in [1.29, 1.82) is 0 Å². The molecule has 0 fully saturated rings. The van der Waals surface area contributed by atoms with Gasteiger partial charge in [0.15, 0.2) is 0 Å². The molecule has 0 aromatic carbocycles. The summed E-state index contributed by atoms with van der Waals surface area (Å²) >= 11 is 0. The van der Waals surface area contributed by atoms with E-state index in [2.05, 4.69) is 0 Å². The number of allylic oxidation sites excluding steroid dienone is 5. The Bertz CT molecular complexity index is 212. The fourth-order valence-corrected chi connectivity index (χ4v) is 0.784. The second-order valence-corrected chi connectivity index (χ2v) is 2.92. The van der Waals surface area contributed by atoms with Crippen molar-refractivity contribution >= 4 is 0 Å². The van der Waals surface area contributed by atoms with E-state index < -0.39 is 0 Å². The predicted octanol–water partition coefficient (Wildman–Crippen LogP) is 0.944. The Hall–Kier alpha value is -1.38. The molecule has 0 aliphatic carbocycles. The van der Waals surface area contributed by atoms with Gasteiger partial charge >= 0.3 is 0 Å². The molecule has 0 saturated carbocycles. The molecule has 0 bridgehead atoms. The summed E-state index contributed by atoms with van der Waals surface area (Å²) in [5.74, 6) is 0. The van der Waals surface area contributed by atoms with Crippen molar-refractivity contribution in [2.24, 2.45) is 17.2 Å². The van der Waals surface area contributed by atoms with Crippen LogP contribution in [-0.2, 0) is 0 Å². The van der Waals surface area contributed by atoms with E-state index in [0.29, 0.717) is 11.4 Å². The van der Waals surface area contributed by atoms with Crippen LogP contribution in [0.25, 0.3) is 0 Å². The minimum atomic E-state index is 0.653. The quantitative estimate of drug-likeness (QED) is 0.536. The van der Waals surface area contributed by atoms with Crippen LogP contribution in [0.2, 0.25) is 0 Å². The first-order valence-electron chi connectivity index (χ1n) is 3.77. The number of hydrogen-bond donors (Lipinski definition) is 3. The predicted molar refractivity (Wildman–Crippen MR) is 52.8 cm³/mol. The molecule has 0 radical (unpaired) electrons. The van der Waals surface area contributed by atoms with E-state index in [-0.39, 0.29) is 0 Å². The first-order chi connectivity index (χ1) is 5.43. The molecule has 0 atom stereocenters. The SMILES string of the molecule is C/C(N)=C/C(C)=C(N)/C=C(/C)N. The molecule has 3 nitrogen and oxygen atoms in total. The average Bonchev–Trinajstić information content (AvgIpc) is 1.84. The van der Waals surface area contributed by atoms with Gasteiger partial charge in [-0.05, 0) is 38.5 Å². The fraction of sp³-hybridized carbons (Fsp3) is 0.333. The summed E-state index contributed by atoms with van der Waals surface area (Å²) < 4.78 is 0. The molecule has 0 aliphatic rings.